The van der Waals surface area contributed by atoms with Crippen LogP contribution in [-0.4, -0.2) is 38.4 Å². The SMILES string of the molecule is Cc1cc(S(=O)(=O)O)ccc1C1=c2cc3c4c(c2Oc2cc(CC(=O)CN)ccc21)CCC[N+]=4CCC3. The third-order valence-electron chi connectivity index (χ3n) is 7.66. The van der Waals surface area contributed by atoms with E-state index in [1.807, 2.05) is 25.1 Å². The number of hydrogen-bond donors (Lipinski definition) is 2. The number of carbonyl (C=O) groups excluding carboxylic acids is 1. The summed E-state index contributed by atoms with van der Waals surface area (Å²) < 4.78 is 42.3. The quantitative estimate of drug-likeness (QED) is 0.310. The van der Waals surface area contributed by atoms with Gasteiger partial charge in [0.25, 0.3) is 10.1 Å². The van der Waals surface area contributed by atoms with Crippen LogP contribution in [0.3, 0.4) is 0 Å². The smallest absolute Gasteiger partial charge is 0.294 e. The van der Waals surface area contributed by atoms with E-state index < -0.39 is 10.1 Å². The van der Waals surface area contributed by atoms with Crippen LogP contribution in [0.1, 0.15) is 46.2 Å². The fourth-order valence-electron chi connectivity index (χ4n) is 6.02. The molecule has 0 atom stereocenters. The third-order valence-corrected chi connectivity index (χ3v) is 8.51. The highest BCUT2D eigenvalue weighted by molar-refractivity contribution is 7.85. The molecule has 0 spiro atoms. The van der Waals surface area contributed by atoms with Gasteiger partial charge in [0, 0.05) is 41.2 Å². The van der Waals surface area contributed by atoms with Gasteiger partial charge in [0.2, 0.25) is 5.36 Å². The van der Waals surface area contributed by atoms with Crippen LogP contribution < -0.4 is 25.6 Å². The van der Waals surface area contributed by atoms with E-state index in [-0.39, 0.29) is 23.6 Å². The second-order valence-corrected chi connectivity index (χ2v) is 11.5. The fourth-order valence-corrected chi connectivity index (χ4v) is 6.59. The number of fused-ring (bicyclic) bond motifs is 3. The van der Waals surface area contributed by atoms with Gasteiger partial charge in [0.15, 0.2) is 5.78 Å². The van der Waals surface area contributed by atoms with Crippen molar-refractivity contribution in [3.63, 3.8) is 0 Å². The van der Waals surface area contributed by atoms with Crippen molar-refractivity contribution in [1.82, 2.24) is 4.58 Å². The van der Waals surface area contributed by atoms with Crippen LogP contribution in [0.2, 0.25) is 0 Å². The molecular formula is C29H29N2O5S+. The molecular weight excluding hydrogens is 488 g/mol. The van der Waals surface area contributed by atoms with Gasteiger partial charge in [0.1, 0.15) is 24.6 Å². The number of nitrogens with two attached hydrogens (primary N) is 1. The van der Waals surface area contributed by atoms with E-state index in [0.717, 1.165) is 77.6 Å². The summed E-state index contributed by atoms with van der Waals surface area (Å²) in [6.45, 7) is 3.94. The maximum Gasteiger partial charge on any atom is 0.294 e. The minimum Gasteiger partial charge on any atom is -0.456 e. The standard InChI is InChI=1S/C29H28N2O5S/c1-17-12-21(37(33,34)35)7-9-22(17)27-23-8-6-18(13-20(32)16-30)14-26(23)36-29-24-5-3-11-31-10-2-4-19(28(24)31)15-25(27)29/h6-9,12,14-15H,2-5,10-11,13,16,30H2,1H3/p+1. The molecule has 0 fully saturated rings. The lowest BCUT2D eigenvalue weighted by molar-refractivity contribution is -0.117. The number of benzene rings is 3. The van der Waals surface area contributed by atoms with E-state index in [2.05, 4.69) is 10.6 Å². The van der Waals surface area contributed by atoms with Crippen molar-refractivity contribution in [3.05, 3.63) is 86.4 Å². The van der Waals surface area contributed by atoms with Crippen molar-refractivity contribution in [2.24, 2.45) is 5.73 Å². The molecule has 37 heavy (non-hydrogen) atoms. The molecule has 3 N–H and O–H groups in total. The third kappa shape index (κ3) is 4.09. The summed E-state index contributed by atoms with van der Waals surface area (Å²) in [4.78, 5) is 11.9. The molecule has 190 valence electrons. The van der Waals surface area contributed by atoms with Crippen LogP contribution in [0.15, 0.2) is 47.4 Å². The molecule has 0 saturated carbocycles. The number of Topliss-reactive ketones (excluding diaryl/α,β-unsaturated/α-hetero) is 1. The minimum absolute atomic E-state index is 0.0103. The molecule has 3 aromatic rings. The summed E-state index contributed by atoms with van der Waals surface area (Å²) in [5, 5.41) is 2.30. The monoisotopic (exact) mass is 517 g/mol. The van der Waals surface area contributed by atoms with Crippen molar-refractivity contribution >= 4 is 21.5 Å². The fraction of sp³-hybridized carbons (Fsp3) is 0.310. The lowest BCUT2D eigenvalue weighted by atomic mass is 9.86. The second kappa shape index (κ2) is 8.90. The average Bonchev–Trinajstić information content (AvgIpc) is 2.87. The molecule has 3 aliphatic heterocycles. The van der Waals surface area contributed by atoms with E-state index in [4.69, 9.17) is 10.5 Å². The van der Waals surface area contributed by atoms with Crippen LogP contribution >= 0.6 is 0 Å². The van der Waals surface area contributed by atoms with Crippen LogP contribution in [0, 0.1) is 6.92 Å². The largest absolute Gasteiger partial charge is 0.456 e. The summed E-state index contributed by atoms with van der Waals surface area (Å²) in [7, 11) is -4.32. The zero-order valence-electron chi connectivity index (χ0n) is 20.7. The number of aryl methyl sites for hydroxylation is 2. The Labute approximate surface area is 215 Å². The average molecular weight is 518 g/mol. The zero-order valence-corrected chi connectivity index (χ0v) is 21.5. The maximum atomic E-state index is 12.0. The Kier molecular flexibility index (Phi) is 5.78. The Morgan fingerprint density at radius 1 is 1.05 bits per heavy atom. The lowest BCUT2D eigenvalue weighted by Gasteiger charge is -2.27. The van der Waals surface area contributed by atoms with Gasteiger partial charge in [-0.25, -0.2) is 4.58 Å². The topological polar surface area (TPSA) is 110 Å². The van der Waals surface area contributed by atoms with Gasteiger partial charge < -0.3 is 10.5 Å². The highest BCUT2D eigenvalue weighted by atomic mass is 32.2. The first-order valence-corrected chi connectivity index (χ1v) is 14.1. The highest BCUT2D eigenvalue weighted by Gasteiger charge is 2.31. The van der Waals surface area contributed by atoms with Gasteiger partial charge in [-0.2, -0.15) is 8.42 Å². The van der Waals surface area contributed by atoms with Crippen molar-refractivity contribution in [2.45, 2.75) is 43.9 Å². The first-order valence-electron chi connectivity index (χ1n) is 12.7. The maximum absolute atomic E-state index is 12.0. The van der Waals surface area contributed by atoms with Crippen LogP contribution in [0.4, 0.5) is 0 Å². The van der Waals surface area contributed by atoms with Gasteiger partial charge in [-0.05, 0) is 60.7 Å². The first kappa shape index (κ1) is 24.0. The molecule has 0 unspecified atom stereocenters. The van der Waals surface area contributed by atoms with Crippen molar-refractivity contribution in [1.29, 1.82) is 0 Å². The molecule has 0 amide bonds. The summed E-state index contributed by atoms with van der Waals surface area (Å²) in [5.74, 6) is 1.47. The molecule has 0 aliphatic carbocycles. The zero-order chi connectivity index (χ0) is 25.9. The first-order chi connectivity index (χ1) is 17.7. The van der Waals surface area contributed by atoms with E-state index in [9.17, 15) is 17.8 Å². The van der Waals surface area contributed by atoms with Crippen molar-refractivity contribution < 1.29 is 22.5 Å². The Bertz CT molecular complexity index is 1720. The molecule has 3 aliphatic rings. The van der Waals surface area contributed by atoms with Gasteiger partial charge in [0.05, 0.1) is 17.0 Å². The summed E-state index contributed by atoms with van der Waals surface area (Å²) in [5.41, 5.74) is 12.4. The number of nitrogens with zero attached hydrogens (tertiary/aromatic N) is 1. The van der Waals surface area contributed by atoms with E-state index >= 15 is 0 Å². The van der Waals surface area contributed by atoms with Gasteiger partial charge in [-0.1, -0.05) is 18.2 Å². The second-order valence-electron chi connectivity index (χ2n) is 10.1. The molecule has 0 saturated heterocycles. The predicted octanol–water partition coefficient (Wildman–Crippen LogP) is 2.05. The lowest BCUT2D eigenvalue weighted by Crippen LogP contribution is -2.45. The summed E-state index contributed by atoms with van der Waals surface area (Å²) in [6.07, 6.45) is 4.34. The number of ketones is 1. The van der Waals surface area contributed by atoms with Gasteiger partial charge in [-0.3, -0.25) is 9.35 Å². The number of rotatable bonds is 5. The molecule has 3 aromatic carbocycles. The van der Waals surface area contributed by atoms with Crippen LogP contribution in [0.5, 0.6) is 11.5 Å². The Balaban J connectivity index is 1.67. The molecule has 3 heterocycles. The van der Waals surface area contributed by atoms with Crippen molar-refractivity contribution in [3.8, 4) is 11.5 Å². The minimum atomic E-state index is -4.32. The Hall–Kier alpha value is -3.33. The molecule has 0 bridgehead atoms. The normalized spacial score (nSPS) is 16.0. The number of hydrogen-bond acceptors (Lipinski definition) is 5. The molecule has 7 nitrogen and oxygen atoms in total. The molecule has 6 rings (SSSR count). The van der Waals surface area contributed by atoms with Crippen LogP contribution in [-0.2, 0) is 34.2 Å². The Morgan fingerprint density at radius 3 is 2.54 bits per heavy atom. The Morgan fingerprint density at radius 2 is 1.81 bits per heavy atom. The van der Waals surface area contributed by atoms with E-state index in [1.54, 1.807) is 6.07 Å². The number of carbonyl (C=O) groups is 1. The molecule has 0 aromatic heterocycles. The molecule has 0 radical (unpaired) electrons. The summed E-state index contributed by atoms with van der Waals surface area (Å²) >= 11 is 0. The molecule has 8 heteroatoms. The van der Waals surface area contributed by atoms with Crippen molar-refractivity contribution in [2.75, 3.05) is 19.6 Å². The van der Waals surface area contributed by atoms with Gasteiger partial charge >= 0.3 is 0 Å². The van der Waals surface area contributed by atoms with Gasteiger partial charge in [-0.15, -0.1) is 0 Å². The van der Waals surface area contributed by atoms with Crippen LogP contribution in [0.25, 0.3) is 5.57 Å². The summed E-state index contributed by atoms with van der Waals surface area (Å²) in [6, 6.07) is 12.8. The van der Waals surface area contributed by atoms with E-state index in [1.165, 1.54) is 28.6 Å². The highest BCUT2D eigenvalue weighted by Crippen LogP contribution is 2.39. The predicted molar refractivity (Wildman–Crippen MR) is 140 cm³/mol. The van der Waals surface area contributed by atoms with E-state index in [0.29, 0.717) is 5.75 Å². The number of ether oxygens (including phenoxy) is 1.